The summed E-state index contributed by atoms with van der Waals surface area (Å²) < 4.78 is 13.1. The van der Waals surface area contributed by atoms with E-state index in [4.69, 9.17) is 17.3 Å². The molecule has 0 bridgehead atoms. The number of aromatic nitrogens is 2. The van der Waals surface area contributed by atoms with E-state index in [2.05, 4.69) is 9.97 Å². The zero-order valence-electron chi connectivity index (χ0n) is 11.6. The van der Waals surface area contributed by atoms with Crippen molar-refractivity contribution in [2.24, 2.45) is 11.7 Å². The summed E-state index contributed by atoms with van der Waals surface area (Å²) in [6.07, 6.45) is 5.41. The number of aryl methyl sites for hydroxylation is 1. The maximum atomic E-state index is 13.1. The molecule has 5 heteroatoms. The highest BCUT2D eigenvalue weighted by molar-refractivity contribution is 6.31. The minimum absolute atomic E-state index is 0.331. The van der Waals surface area contributed by atoms with Crippen LogP contribution >= 0.6 is 11.6 Å². The van der Waals surface area contributed by atoms with Crippen molar-refractivity contribution in [2.45, 2.75) is 25.7 Å². The average molecular weight is 306 g/mol. The van der Waals surface area contributed by atoms with Gasteiger partial charge in [0.1, 0.15) is 11.6 Å². The van der Waals surface area contributed by atoms with Gasteiger partial charge in [0.25, 0.3) is 0 Å². The Labute approximate surface area is 128 Å². The molecule has 3 rings (SSSR count). The monoisotopic (exact) mass is 305 g/mol. The summed E-state index contributed by atoms with van der Waals surface area (Å²) in [7, 11) is 0. The summed E-state index contributed by atoms with van der Waals surface area (Å²) >= 11 is 6.05. The molecule has 1 aromatic heterocycles. The summed E-state index contributed by atoms with van der Waals surface area (Å²) in [4.78, 5) is 9.05. The molecule has 1 aliphatic carbocycles. The van der Waals surface area contributed by atoms with Gasteiger partial charge >= 0.3 is 0 Å². The van der Waals surface area contributed by atoms with E-state index in [0.717, 1.165) is 36.3 Å². The van der Waals surface area contributed by atoms with Crippen molar-refractivity contribution in [1.29, 1.82) is 0 Å². The Morgan fingerprint density at radius 2 is 2.24 bits per heavy atom. The molecule has 1 atom stereocenters. The molecule has 2 N–H and O–H groups in total. The normalized spacial score (nSPS) is 17.6. The molecule has 1 aliphatic rings. The zero-order chi connectivity index (χ0) is 14.8. The summed E-state index contributed by atoms with van der Waals surface area (Å²) in [6, 6.07) is 4.41. The lowest BCUT2D eigenvalue weighted by molar-refractivity contribution is 0.460. The molecule has 0 saturated carbocycles. The smallest absolute Gasteiger partial charge is 0.132 e. The topological polar surface area (TPSA) is 51.8 Å². The minimum Gasteiger partial charge on any atom is -0.330 e. The lowest BCUT2D eigenvalue weighted by Crippen LogP contribution is -2.23. The number of fused-ring (bicyclic) bond motifs is 1. The van der Waals surface area contributed by atoms with Crippen LogP contribution in [0.2, 0.25) is 5.02 Å². The van der Waals surface area contributed by atoms with Gasteiger partial charge in [-0.25, -0.2) is 14.4 Å². The third-order valence-corrected chi connectivity index (χ3v) is 4.35. The number of nitrogens with two attached hydrogens (primary N) is 1. The summed E-state index contributed by atoms with van der Waals surface area (Å²) in [5.41, 5.74) is 8.89. The third kappa shape index (κ3) is 3.22. The lowest BCUT2D eigenvalue weighted by atomic mass is 9.87. The second kappa shape index (κ2) is 6.08. The number of hydrogen-bond donors (Lipinski definition) is 1. The van der Waals surface area contributed by atoms with Crippen LogP contribution in [0.4, 0.5) is 4.39 Å². The Hall–Kier alpha value is -1.52. The Kier molecular flexibility index (Phi) is 4.17. The maximum absolute atomic E-state index is 13.1. The fourth-order valence-corrected chi connectivity index (χ4v) is 2.98. The van der Waals surface area contributed by atoms with Crippen molar-refractivity contribution in [3.8, 4) is 0 Å². The van der Waals surface area contributed by atoms with Crippen molar-refractivity contribution in [3.63, 3.8) is 0 Å². The molecule has 1 unspecified atom stereocenters. The highest BCUT2D eigenvalue weighted by Gasteiger charge is 2.19. The summed E-state index contributed by atoms with van der Waals surface area (Å²) in [6.45, 7) is 0.715. The predicted octanol–water partition coefficient (Wildman–Crippen LogP) is 2.92. The molecule has 0 spiro atoms. The largest absolute Gasteiger partial charge is 0.330 e. The quantitative estimate of drug-likeness (QED) is 0.948. The van der Waals surface area contributed by atoms with E-state index < -0.39 is 0 Å². The zero-order valence-corrected chi connectivity index (χ0v) is 12.4. The van der Waals surface area contributed by atoms with Gasteiger partial charge < -0.3 is 5.73 Å². The van der Waals surface area contributed by atoms with E-state index in [9.17, 15) is 4.39 Å². The van der Waals surface area contributed by atoms with Crippen LogP contribution in [-0.4, -0.2) is 16.5 Å². The SMILES string of the molecule is NCC1CCc2nc(Cc3ccc(F)cc3Cl)ncc2C1. The van der Waals surface area contributed by atoms with Crippen LogP contribution < -0.4 is 5.73 Å². The van der Waals surface area contributed by atoms with E-state index in [1.165, 1.54) is 17.7 Å². The molecule has 1 aromatic carbocycles. The maximum Gasteiger partial charge on any atom is 0.132 e. The first kappa shape index (κ1) is 14.4. The molecule has 21 heavy (non-hydrogen) atoms. The van der Waals surface area contributed by atoms with Crippen molar-refractivity contribution in [2.75, 3.05) is 6.54 Å². The lowest BCUT2D eigenvalue weighted by Gasteiger charge is -2.22. The van der Waals surface area contributed by atoms with Gasteiger partial charge in [-0.05, 0) is 55.0 Å². The van der Waals surface area contributed by atoms with Gasteiger partial charge in [-0.1, -0.05) is 17.7 Å². The molecule has 0 radical (unpaired) electrons. The molecule has 2 aromatic rings. The Bertz CT molecular complexity index is 660. The predicted molar refractivity (Wildman–Crippen MR) is 80.8 cm³/mol. The summed E-state index contributed by atoms with van der Waals surface area (Å²) in [5.74, 6) is 0.940. The van der Waals surface area contributed by atoms with Crippen molar-refractivity contribution in [1.82, 2.24) is 9.97 Å². The molecule has 0 fully saturated rings. The van der Waals surface area contributed by atoms with Gasteiger partial charge in [-0.3, -0.25) is 0 Å². The van der Waals surface area contributed by atoms with Crippen LogP contribution in [0.1, 0.15) is 29.1 Å². The van der Waals surface area contributed by atoms with Crippen molar-refractivity contribution in [3.05, 3.63) is 57.9 Å². The van der Waals surface area contributed by atoms with E-state index >= 15 is 0 Å². The summed E-state index contributed by atoms with van der Waals surface area (Å²) in [5, 5.41) is 0.416. The van der Waals surface area contributed by atoms with Gasteiger partial charge in [0.05, 0.1) is 0 Å². The van der Waals surface area contributed by atoms with Crippen LogP contribution in [-0.2, 0) is 19.3 Å². The molecule has 0 amide bonds. The Balaban J connectivity index is 1.81. The standard InChI is InChI=1S/C16H17ClFN3/c17-14-7-13(18)3-2-11(14)6-16-20-9-12-5-10(8-19)1-4-15(12)21-16/h2-3,7,9-10H,1,4-6,8,19H2. The fourth-order valence-electron chi connectivity index (χ4n) is 2.75. The fraction of sp³-hybridized carbons (Fsp3) is 0.375. The molecule has 0 aliphatic heterocycles. The Morgan fingerprint density at radius 3 is 3.00 bits per heavy atom. The highest BCUT2D eigenvalue weighted by Crippen LogP contribution is 2.24. The minimum atomic E-state index is -0.331. The highest BCUT2D eigenvalue weighted by atomic mass is 35.5. The van der Waals surface area contributed by atoms with E-state index in [1.807, 2.05) is 6.20 Å². The molecular weight excluding hydrogens is 289 g/mol. The second-order valence-corrected chi connectivity index (χ2v) is 5.92. The molecular formula is C16H17ClFN3. The van der Waals surface area contributed by atoms with Crippen LogP contribution in [0.15, 0.2) is 24.4 Å². The first-order valence-electron chi connectivity index (χ1n) is 7.13. The van der Waals surface area contributed by atoms with Crippen LogP contribution in [0.25, 0.3) is 0 Å². The van der Waals surface area contributed by atoms with Gasteiger partial charge in [-0.2, -0.15) is 0 Å². The van der Waals surface area contributed by atoms with E-state index in [-0.39, 0.29) is 5.82 Å². The van der Waals surface area contributed by atoms with Crippen LogP contribution in [0.3, 0.4) is 0 Å². The van der Waals surface area contributed by atoms with Gasteiger partial charge in [0, 0.05) is 23.3 Å². The number of rotatable bonds is 3. The molecule has 0 saturated heterocycles. The number of halogens is 2. The molecule has 110 valence electrons. The van der Waals surface area contributed by atoms with Crippen LogP contribution in [0, 0.1) is 11.7 Å². The number of benzene rings is 1. The third-order valence-electron chi connectivity index (χ3n) is 4.00. The first-order chi connectivity index (χ1) is 10.2. The van der Waals surface area contributed by atoms with Crippen molar-refractivity contribution < 1.29 is 4.39 Å². The number of hydrogen-bond acceptors (Lipinski definition) is 3. The molecule has 1 heterocycles. The second-order valence-electron chi connectivity index (χ2n) is 5.52. The average Bonchev–Trinajstić information content (AvgIpc) is 2.49. The first-order valence-corrected chi connectivity index (χ1v) is 7.51. The van der Waals surface area contributed by atoms with E-state index in [0.29, 0.717) is 23.9 Å². The van der Waals surface area contributed by atoms with Gasteiger partial charge in [0.15, 0.2) is 0 Å². The van der Waals surface area contributed by atoms with Crippen molar-refractivity contribution >= 4 is 11.6 Å². The molecule has 3 nitrogen and oxygen atoms in total. The number of nitrogens with zero attached hydrogens (tertiary/aromatic N) is 2. The van der Waals surface area contributed by atoms with Crippen LogP contribution in [0.5, 0.6) is 0 Å². The van der Waals surface area contributed by atoms with E-state index in [1.54, 1.807) is 6.07 Å². The Morgan fingerprint density at radius 1 is 1.38 bits per heavy atom. The van der Waals surface area contributed by atoms with Gasteiger partial charge in [-0.15, -0.1) is 0 Å². The van der Waals surface area contributed by atoms with Gasteiger partial charge in [0.2, 0.25) is 0 Å².